The molecule has 1 N–H and O–H groups in total. The van der Waals surface area contributed by atoms with Crippen LogP contribution in [0.2, 0.25) is 0 Å². The summed E-state index contributed by atoms with van der Waals surface area (Å²) in [6, 6.07) is 7.42. The van der Waals surface area contributed by atoms with Crippen LogP contribution in [0.1, 0.15) is 55.5 Å². The van der Waals surface area contributed by atoms with E-state index in [4.69, 9.17) is 4.74 Å². The van der Waals surface area contributed by atoms with Crippen LogP contribution >= 0.6 is 0 Å². The molecule has 0 spiro atoms. The van der Waals surface area contributed by atoms with Crippen LogP contribution < -0.4 is 5.32 Å². The zero-order valence-electron chi connectivity index (χ0n) is 13.6. The van der Waals surface area contributed by atoms with Crippen molar-refractivity contribution in [1.82, 2.24) is 5.32 Å². The lowest BCUT2D eigenvalue weighted by atomic mass is 9.86. The molecule has 4 heteroatoms. The molecule has 3 atom stereocenters. The van der Waals surface area contributed by atoms with Crippen LogP contribution in [0.5, 0.6) is 0 Å². The fourth-order valence-electron chi connectivity index (χ4n) is 2.91. The van der Waals surface area contributed by atoms with E-state index in [1.807, 2.05) is 19.1 Å². The van der Waals surface area contributed by atoms with Crippen molar-refractivity contribution in [3.63, 3.8) is 0 Å². The van der Waals surface area contributed by atoms with Gasteiger partial charge in [-0.2, -0.15) is 0 Å². The predicted octanol–water partition coefficient (Wildman–Crippen LogP) is 3.24. The predicted molar refractivity (Wildman–Crippen MR) is 85.6 cm³/mol. The lowest BCUT2D eigenvalue weighted by molar-refractivity contribution is -0.130. The number of esters is 1. The molecule has 0 heterocycles. The highest BCUT2D eigenvalue weighted by Crippen LogP contribution is 2.23. The summed E-state index contributed by atoms with van der Waals surface area (Å²) >= 11 is 0. The Labute approximate surface area is 132 Å². The Morgan fingerprint density at radius 3 is 2.59 bits per heavy atom. The number of aryl methyl sites for hydroxylation is 1. The fraction of sp³-hybridized carbons (Fsp3) is 0.556. The number of nitrogens with one attached hydrogen (secondary N) is 1. The molecule has 0 radical (unpaired) electrons. The van der Waals surface area contributed by atoms with Crippen molar-refractivity contribution in [2.45, 2.75) is 58.6 Å². The van der Waals surface area contributed by atoms with E-state index < -0.39 is 12.1 Å². The molecule has 120 valence electrons. The van der Waals surface area contributed by atoms with Gasteiger partial charge in [-0.25, -0.2) is 4.79 Å². The van der Waals surface area contributed by atoms with E-state index in [2.05, 4.69) is 12.2 Å². The smallest absolute Gasteiger partial charge is 0.339 e. The maximum absolute atomic E-state index is 12.2. The number of hydrogen-bond donors (Lipinski definition) is 1. The molecular weight excluding hydrogens is 278 g/mol. The maximum atomic E-state index is 12.2. The van der Waals surface area contributed by atoms with Crippen molar-refractivity contribution >= 4 is 11.9 Å². The van der Waals surface area contributed by atoms with E-state index in [1.165, 1.54) is 6.42 Å². The molecule has 4 nitrogen and oxygen atoms in total. The number of hydrogen-bond acceptors (Lipinski definition) is 3. The highest BCUT2D eigenvalue weighted by Gasteiger charge is 2.26. The second-order valence-corrected chi connectivity index (χ2v) is 6.24. The molecule has 1 aromatic rings. The van der Waals surface area contributed by atoms with Gasteiger partial charge in [-0.15, -0.1) is 0 Å². The zero-order chi connectivity index (χ0) is 16.1. The Morgan fingerprint density at radius 2 is 1.91 bits per heavy atom. The minimum atomic E-state index is -0.777. The average molecular weight is 303 g/mol. The normalized spacial score (nSPS) is 22.7. The van der Waals surface area contributed by atoms with Crippen molar-refractivity contribution in [2.24, 2.45) is 5.92 Å². The number of carbonyl (C=O) groups is 2. The quantitative estimate of drug-likeness (QED) is 0.869. The zero-order valence-corrected chi connectivity index (χ0v) is 13.6. The van der Waals surface area contributed by atoms with Gasteiger partial charge in [0.05, 0.1) is 5.56 Å². The molecule has 22 heavy (non-hydrogen) atoms. The van der Waals surface area contributed by atoms with Gasteiger partial charge in [0.15, 0.2) is 6.10 Å². The molecule has 2 rings (SSSR count). The van der Waals surface area contributed by atoms with Crippen LogP contribution in [0, 0.1) is 12.8 Å². The molecule has 1 aromatic carbocycles. The molecule has 0 unspecified atom stereocenters. The second-order valence-electron chi connectivity index (χ2n) is 6.24. The Kier molecular flexibility index (Phi) is 5.58. The number of amides is 1. The lowest BCUT2D eigenvalue weighted by Crippen LogP contribution is -2.46. The summed E-state index contributed by atoms with van der Waals surface area (Å²) in [6.07, 6.45) is 3.74. The number of benzene rings is 1. The van der Waals surface area contributed by atoms with Gasteiger partial charge in [0, 0.05) is 6.04 Å². The Balaban J connectivity index is 1.91. The van der Waals surface area contributed by atoms with Crippen LogP contribution in [0.25, 0.3) is 0 Å². The van der Waals surface area contributed by atoms with Gasteiger partial charge in [-0.3, -0.25) is 4.79 Å². The minimum Gasteiger partial charge on any atom is -0.449 e. The number of rotatable bonds is 4. The SMILES string of the molecule is Cc1ccccc1C(=O)O[C@@H](C)C(=O)N[C@H]1CCCC[C@@H]1C. The summed E-state index contributed by atoms with van der Waals surface area (Å²) in [5, 5.41) is 3.02. The van der Waals surface area contributed by atoms with Gasteiger partial charge >= 0.3 is 5.97 Å². The highest BCUT2D eigenvalue weighted by molar-refractivity contribution is 5.93. The number of ether oxygens (including phenoxy) is 1. The molecule has 1 saturated carbocycles. The molecule has 0 saturated heterocycles. The molecule has 0 aromatic heterocycles. The van der Waals surface area contributed by atoms with E-state index in [0.29, 0.717) is 11.5 Å². The molecule has 1 fully saturated rings. The third-order valence-corrected chi connectivity index (χ3v) is 4.46. The number of carbonyl (C=O) groups excluding carboxylic acids is 2. The summed E-state index contributed by atoms with van der Waals surface area (Å²) in [5.41, 5.74) is 1.36. The third-order valence-electron chi connectivity index (χ3n) is 4.46. The van der Waals surface area contributed by atoms with Crippen molar-refractivity contribution in [3.8, 4) is 0 Å². The van der Waals surface area contributed by atoms with Crippen LogP contribution in [-0.4, -0.2) is 24.0 Å². The van der Waals surface area contributed by atoms with E-state index in [-0.39, 0.29) is 11.9 Å². The molecule has 1 amide bonds. The van der Waals surface area contributed by atoms with Gasteiger partial charge < -0.3 is 10.1 Å². The van der Waals surface area contributed by atoms with E-state index in [9.17, 15) is 9.59 Å². The Bertz CT molecular complexity index is 541. The summed E-state index contributed by atoms with van der Waals surface area (Å²) in [6.45, 7) is 5.64. The van der Waals surface area contributed by atoms with Gasteiger partial charge in [0.25, 0.3) is 5.91 Å². The van der Waals surface area contributed by atoms with Crippen LogP contribution in [0.3, 0.4) is 0 Å². The van der Waals surface area contributed by atoms with Crippen molar-refractivity contribution in [3.05, 3.63) is 35.4 Å². The second kappa shape index (κ2) is 7.43. The first kappa shape index (κ1) is 16.5. The standard InChI is InChI=1S/C18H25NO3/c1-12-8-4-6-10-15(12)18(21)22-14(3)17(20)19-16-11-7-5-9-13(16)2/h4,6,8,10,13-14,16H,5,7,9,11H2,1-3H3,(H,19,20)/t13-,14-,16-/m0/s1. The summed E-state index contributed by atoms with van der Waals surface area (Å²) < 4.78 is 5.30. The highest BCUT2D eigenvalue weighted by atomic mass is 16.5. The Morgan fingerprint density at radius 1 is 1.23 bits per heavy atom. The van der Waals surface area contributed by atoms with Crippen molar-refractivity contribution in [2.75, 3.05) is 0 Å². The summed E-state index contributed by atoms with van der Waals surface area (Å²) in [4.78, 5) is 24.4. The topological polar surface area (TPSA) is 55.4 Å². The summed E-state index contributed by atoms with van der Waals surface area (Å²) in [5.74, 6) is -0.171. The van der Waals surface area contributed by atoms with Gasteiger partial charge in [-0.1, -0.05) is 38.0 Å². The minimum absolute atomic E-state index is 0.195. The van der Waals surface area contributed by atoms with Gasteiger partial charge in [0.1, 0.15) is 0 Å². The Hall–Kier alpha value is -1.84. The van der Waals surface area contributed by atoms with E-state index in [1.54, 1.807) is 19.1 Å². The fourth-order valence-corrected chi connectivity index (χ4v) is 2.91. The maximum Gasteiger partial charge on any atom is 0.339 e. The molecule has 1 aliphatic carbocycles. The lowest BCUT2D eigenvalue weighted by Gasteiger charge is -2.30. The van der Waals surface area contributed by atoms with Crippen LogP contribution in [-0.2, 0) is 9.53 Å². The van der Waals surface area contributed by atoms with Gasteiger partial charge in [-0.05, 0) is 44.2 Å². The molecule has 1 aliphatic rings. The van der Waals surface area contributed by atoms with Crippen LogP contribution in [0.4, 0.5) is 0 Å². The van der Waals surface area contributed by atoms with E-state index in [0.717, 1.165) is 24.8 Å². The van der Waals surface area contributed by atoms with Crippen LogP contribution in [0.15, 0.2) is 24.3 Å². The van der Waals surface area contributed by atoms with Crippen molar-refractivity contribution in [1.29, 1.82) is 0 Å². The average Bonchev–Trinajstić information content (AvgIpc) is 2.49. The van der Waals surface area contributed by atoms with Crippen molar-refractivity contribution < 1.29 is 14.3 Å². The largest absolute Gasteiger partial charge is 0.449 e. The molecule has 0 aliphatic heterocycles. The molecule has 0 bridgehead atoms. The monoisotopic (exact) mass is 303 g/mol. The first-order valence-electron chi connectivity index (χ1n) is 8.06. The third kappa shape index (κ3) is 4.09. The van der Waals surface area contributed by atoms with Gasteiger partial charge in [0.2, 0.25) is 0 Å². The first-order chi connectivity index (χ1) is 10.5. The first-order valence-corrected chi connectivity index (χ1v) is 8.06. The summed E-state index contributed by atoms with van der Waals surface area (Å²) in [7, 11) is 0. The van der Waals surface area contributed by atoms with E-state index >= 15 is 0 Å². The molecular formula is C18H25NO3.